The molecule has 0 spiro atoms. The van der Waals surface area contributed by atoms with Crippen molar-refractivity contribution in [3.63, 3.8) is 0 Å². The first kappa shape index (κ1) is 33.1. The number of hydrogen-bond acceptors (Lipinski definition) is 8. The number of likely N-dealkylation sites (tertiary alicyclic amines) is 1. The second kappa shape index (κ2) is 10.9. The lowest BCUT2D eigenvalue weighted by Gasteiger charge is -2.50. The first-order valence-corrected chi connectivity index (χ1v) is 15.9. The third kappa shape index (κ3) is 4.38. The molecule has 46 heavy (non-hydrogen) atoms. The van der Waals surface area contributed by atoms with Gasteiger partial charge in [-0.25, -0.2) is 4.98 Å². The molecule has 244 valence electrons. The van der Waals surface area contributed by atoms with E-state index in [4.69, 9.17) is 39.5 Å². The lowest BCUT2D eigenvalue weighted by molar-refractivity contribution is -0.141. The number of aromatic nitrogens is 1. The van der Waals surface area contributed by atoms with Gasteiger partial charge in [-0.05, 0) is 71.2 Å². The quantitative estimate of drug-likeness (QED) is 0.196. The number of alkyl halides is 5. The smallest absolute Gasteiger partial charge is 0.433 e. The number of phenolic OH excluding ortho intramolecular Hbond substituents is 1. The van der Waals surface area contributed by atoms with Gasteiger partial charge in [0.2, 0.25) is 0 Å². The molecule has 0 bridgehead atoms. The number of carbonyl (C=O) groups excluding carboxylic acids is 4. The zero-order valence-corrected chi connectivity index (χ0v) is 28.5. The molecule has 2 aromatic rings. The summed E-state index contributed by atoms with van der Waals surface area (Å²) in [5.74, 6) is -7.69. The van der Waals surface area contributed by atoms with Crippen molar-refractivity contribution in [3.05, 3.63) is 55.8 Å². The van der Waals surface area contributed by atoms with Crippen molar-refractivity contribution in [1.29, 1.82) is 0 Å². The monoisotopic (exact) mass is 812 g/mol. The van der Waals surface area contributed by atoms with Crippen molar-refractivity contribution >= 4 is 86.8 Å². The summed E-state index contributed by atoms with van der Waals surface area (Å²) in [4.78, 5) is 55.7. The van der Waals surface area contributed by atoms with Crippen molar-refractivity contribution in [3.8, 4) is 11.5 Å². The number of hydrazine groups is 1. The second-order valence-corrected chi connectivity index (χ2v) is 14.4. The molecule has 1 N–H and O–H groups in total. The maximum atomic E-state index is 14.2. The van der Waals surface area contributed by atoms with Crippen LogP contribution in [0.1, 0.15) is 30.0 Å². The number of allylic oxidation sites excluding steroid dienone is 2. The number of halogens is 7. The summed E-state index contributed by atoms with van der Waals surface area (Å²) in [5.41, 5.74) is -0.423. The Bertz CT molecular complexity index is 1780. The van der Waals surface area contributed by atoms with E-state index in [9.17, 15) is 37.5 Å². The number of methoxy groups -OCH3 is 1. The summed E-state index contributed by atoms with van der Waals surface area (Å²) in [6, 6.07) is 4.69. The molecule has 6 atom stereocenters. The minimum atomic E-state index is -4.82. The fourth-order valence-electron chi connectivity index (χ4n) is 7.22. The maximum Gasteiger partial charge on any atom is 0.433 e. The van der Waals surface area contributed by atoms with Gasteiger partial charge in [-0.15, -0.1) is 23.2 Å². The number of anilines is 1. The van der Waals surface area contributed by atoms with Gasteiger partial charge in [-0.3, -0.25) is 29.1 Å². The van der Waals surface area contributed by atoms with Crippen LogP contribution in [0.2, 0.25) is 5.02 Å². The SMILES string of the molecule is COc1cc(C2C3=CCC4C(=O)N(N(C)c5nc(C(F)(F)F)ccc5Cl)C(=O)C4C3CC3(Cl)C(=O)N(C)C(=O)C23Cl)cc(I)c1O. The van der Waals surface area contributed by atoms with Gasteiger partial charge in [0.05, 0.1) is 27.5 Å². The number of pyridine rings is 1. The van der Waals surface area contributed by atoms with E-state index in [0.29, 0.717) is 25.8 Å². The lowest BCUT2D eigenvalue weighted by atomic mass is 9.56. The van der Waals surface area contributed by atoms with Gasteiger partial charge in [0.15, 0.2) is 27.1 Å². The van der Waals surface area contributed by atoms with E-state index in [1.165, 1.54) is 27.3 Å². The number of benzene rings is 1. The summed E-state index contributed by atoms with van der Waals surface area (Å²) in [6.07, 6.45) is -3.40. The van der Waals surface area contributed by atoms with Crippen molar-refractivity contribution in [2.45, 2.75) is 34.7 Å². The molecular formula is C29H23Cl3F3IN4O6. The van der Waals surface area contributed by atoms with Crippen LogP contribution < -0.4 is 9.75 Å². The van der Waals surface area contributed by atoms with E-state index < -0.39 is 74.7 Å². The van der Waals surface area contributed by atoms with E-state index >= 15 is 0 Å². The van der Waals surface area contributed by atoms with Crippen LogP contribution in [0.4, 0.5) is 19.0 Å². The minimum absolute atomic E-state index is 0.0121. The normalized spacial score (nSPS) is 30.7. The van der Waals surface area contributed by atoms with Crippen LogP contribution in [-0.4, -0.2) is 74.6 Å². The molecule has 1 aromatic heterocycles. The third-order valence-corrected chi connectivity index (χ3v) is 11.9. The molecule has 3 heterocycles. The zero-order chi connectivity index (χ0) is 33.8. The second-order valence-electron chi connectivity index (χ2n) is 11.6. The molecule has 4 amide bonds. The van der Waals surface area contributed by atoms with Crippen LogP contribution >= 0.6 is 57.4 Å². The van der Waals surface area contributed by atoms with Crippen LogP contribution in [0.15, 0.2) is 35.9 Å². The third-order valence-electron chi connectivity index (χ3n) is 9.32. The fourth-order valence-corrected chi connectivity index (χ4v) is 9.10. The van der Waals surface area contributed by atoms with Gasteiger partial charge in [-0.2, -0.15) is 18.2 Å². The number of carbonyl (C=O) groups is 4. The number of aromatic hydroxyl groups is 1. The number of amides is 4. The Morgan fingerprint density at radius 3 is 2.41 bits per heavy atom. The van der Waals surface area contributed by atoms with Gasteiger partial charge in [0.1, 0.15) is 5.69 Å². The number of nitrogens with zero attached hydrogens (tertiary/aromatic N) is 4. The Morgan fingerprint density at radius 1 is 1.11 bits per heavy atom. The van der Waals surface area contributed by atoms with Gasteiger partial charge in [0.25, 0.3) is 23.6 Å². The molecule has 2 aliphatic carbocycles. The highest BCUT2D eigenvalue weighted by Crippen LogP contribution is 2.65. The molecule has 1 aromatic carbocycles. The summed E-state index contributed by atoms with van der Waals surface area (Å²) < 4.78 is 46.1. The molecule has 1 saturated carbocycles. The molecule has 4 aliphatic rings. The number of rotatable bonds is 4. The predicted molar refractivity (Wildman–Crippen MR) is 167 cm³/mol. The molecule has 17 heteroatoms. The van der Waals surface area contributed by atoms with E-state index in [0.717, 1.165) is 16.0 Å². The molecule has 2 aliphatic heterocycles. The van der Waals surface area contributed by atoms with Crippen molar-refractivity contribution in [1.82, 2.24) is 14.9 Å². The van der Waals surface area contributed by atoms with Gasteiger partial charge >= 0.3 is 6.18 Å². The van der Waals surface area contributed by atoms with Crippen LogP contribution in [0, 0.1) is 21.3 Å². The van der Waals surface area contributed by atoms with Crippen molar-refractivity contribution < 1.29 is 42.2 Å². The summed E-state index contributed by atoms with van der Waals surface area (Å²) in [7, 11) is 3.79. The average molecular weight is 814 g/mol. The highest BCUT2D eigenvalue weighted by atomic mass is 127. The Balaban J connectivity index is 1.48. The summed E-state index contributed by atoms with van der Waals surface area (Å²) in [6.45, 7) is 0. The molecule has 6 rings (SSSR count). The zero-order valence-electron chi connectivity index (χ0n) is 24.0. The largest absolute Gasteiger partial charge is 0.504 e. The molecule has 10 nitrogen and oxygen atoms in total. The molecule has 2 saturated heterocycles. The average Bonchev–Trinajstić information content (AvgIpc) is 3.32. The number of imide groups is 2. The Morgan fingerprint density at radius 2 is 1.78 bits per heavy atom. The van der Waals surface area contributed by atoms with Crippen molar-refractivity contribution in [2.24, 2.45) is 17.8 Å². The Hall–Kier alpha value is -2.82. The van der Waals surface area contributed by atoms with Gasteiger partial charge < -0.3 is 9.84 Å². The van der Waals surface area contributed by atoms with Gasteiger partial charge in [0, 0.05) is 20.0 Å². The maximum absolute atomic E-state index is 14.2. The number of hydrogen-bond donors (Lipinski definition) is 1. The van der Waals surface area contributed by atoms with E-state index in [1.807, 2.05) is 22.6 Å². The fraction of sp³-hybridized carbons (Fsp3) is 0.414. The van der Waals surface area contributed by atoms with Crippen LogP contribution in [-0.2, 0) is 25.4 Å². The summed E-state index contributed by atoms with van der Waals surface area (Å²) in [5, 5.41) is 11.9. The van der Waals surface area contributed by atoms with E-state index in [-0.39, 0.29) is 29.4 Å². The number of ether oxygens (including phenoxy) is 1. The van der Waals surface area contributed by atoms with E-state index in [1.54, 1.807) is 12.1 Å². The first-order chi connectivity index (χ1) is 21.4. The summed E-state index contributed by atoms with van der Waals surface area (Å²) >= 11 is 22.4. The molecule has 0 radical (unpaired) electrons. The number of phenols is 1. The Kier molecular flexibility index (Phi) is 7.81. The predicted octanol–water partition coefficient (Wildman–Crippen LogP) is 5.11. The first-order valence-electron chi connectivity index (χ1n) is 13.7. The lowest BCUT2D eigenvalue weighted by Crippen LogP contribution is -2.60. The highest BCUT2D eigenvalue weighted by molar-refractivity contribution is 14.1. The number of fused-ring (bicyclic) bond motifs is 4. The van der Waals surface area contributed by atoms with Crippen LogP contribution in [0.5, 0.6) is 11.5 Å². The van der Waals surface area contributed by atoms with Crippen LogP contribution in [0.3, 0.4) is 0 Å². The standard InChI is InChI=1S/C29H23Cl3F3IN4O6/c1-38-25(44)27(31)10-14-12(20(28(27,32)26(38)45)11-8-16(36)21(41)17(9-11)46-3)4-5-13-19(14)24(43)40(23(13)42)39(2)22-15(30)6-7-18(37-22)29(33,34)35/h4,6-9,13-14,19-20,41H,5,10H2,1-3H3. The molecular weight excluding hydrogens is 791 g/mol. The Labute approximate surface area is 288 Å². The molecule has 3 fully saturated rings. The highest BCUT2D eigenvalue weighted by Gasteiger charge is 2.76. The van der Waals surface area contributed by atoms with Gasteiger partial charge in [-0.1, -0.05) is 23.3 Å². The topological polar surface area (TPSA) is 120 Å². The van der Waals surface area contributed by atoms with Crippen molar-refractivity contribution in [2.75, 3.05) is 26.2 Å². The molecule has 6 unspecified atom stereocenters. The van der Waals surface area contributed by atoms with E-state index in [2.05, 4.69) is 4.98 Å². The van der Waals surface area contributed by atoms with Crippen LogP contribution in [0.25, 0.3) is 0 Å². The minimum Gasteiger partial charge on any atom is -0.504 e.